The summed E-state index contributed by atoms with van der Waals surface area (Å²) < 4.78 is 1.67. The van der Waals surface area contributed by atoms with Crippen LogP contribution in [0.1, 0.15) is 42.5 Å². The molecule has 0 unspecified atom stereocenters. The molecule has 1 aromatic heterocycles. The Kier molecular flexibility index (Phi) is 6.69. The van der Waals surface area contributed by atoms with E-state index in [0.29, 0.717) is 21.8 Å². The summed E-state index contributed by atoms with van der Waals surface area (Å²) >= 11 is 1.12. The van der Waals surface area contributed by atoms with Gasteiger partial charge < -0.3 is 15.2 Å². The van der Waals surface area contributed by atoms with E-state index in [0.717, 1.165) is 17.4 Å². The summed E-state index contributed by atoms with van der Waals surface area (Å²) in [5.41, 5.74) is 1.71. The van der Waals surface area contributed by atoms with Gasteiger partial charge in [-0.05, 0) is 61.0 Å². The zero-order chi connectivity index (χ0) is 22.5. The lowest BCUT2D eigenvalue weighted by Gasteiger charge is -2.23. The number of nitro benzene ring substituents is 1. The van der Waals surface area contributed by atoms with Gasteiger partial charge in [-0.3, -0.25) is 14.9 Å². The summed E-state index contributed by atoms with van der Waals surface area (Å²) in [4.78, 5) is 24.2. The topological polar surface area (TPSA) is 115 Å². The monoisotopic (exact) mass is 452 g/mol. The van der Waals surface area contributed by atoms with Crippen molar-refractivity contribution >= 4 is 34.7 Å². The van der Waals surface area contributed by atoms with Crippen molar-refractivity contribution in [3.63, 3.8) is 0 Å². The van der Waals surface area contributed by atoms with Crippen molar-refractivity contribution in [3.8, 4) is 0 Å². The maximum Gasteiger partial charge on any atom is 0.284 e. The first-order valence-corrected chi connectivity index (χ1v) is 11.3. The number of benzene rings is 2. The summed E-state index contributed by atoms with van der Waals surface area (Å²) in [6, 6.07) is 12.4. The van der Waals surface area contributed by atoms with Gasteiger partial charge >= 0.3 is 0 Å². The molecular weight excluding hydrogens is 428 g/mol. The third kappa shape index (κ3) is 5.25. The van der Waals surface area contributed by atoms with Gasteiger partial charge in [-0.1, -0.05) is 19.3 Å². The van der Waals surface area contributed by atoms with Crippen molar-refractivity contribution in [1.82, 2.24) is 14.8 Å². The van der Waals surface area contributed by atoms with E-state index in [-0.39, 0.29) is 11.3 Å². The largest absolute Gasteiger partial charge is 0.382 e. The fourth-order valence-corrected chi connectivity index (χ4v) is 4.54. The van der Waals surface area contributed by atoms with Crippen molar-refractivity contribution in [2.24, 2.45) is 7.05 Å². The number of nitrogens with zero attached hydrogens (tertiary/aromatic N) is 4. The fraction of sp³-hybridized carbons (Fsp3) is 0.318. The Morgan fingerprint density at radius 1 is 1.12 bits per heavy atom. The second kappa shape index (κ2) is 9.82. The van der Waals surface area contributed by atoms with Crippen LogP contribution >= 0.6 is 11.8 Å². The third-order valence-corrected chi connectivity index (χ3v) is 6.52. The standard InChI is InChI=1S/C22H24N6O3S/c1-27-14-23-26-22(27)32-20-12-7-15(13-19(20)28(30)31)21(29)25-18-10-8-17(9-11-18)24-16-5-3-2-4-6-16/h7-14,16,24H,2-6H2,1H3,(H,25,29). The molecule has 2 aromatic carbocycles. The van der Waals surface area contributed by atoms with Gasteiger partial charge in [0.25, 0.3) is 11.6 Å². The first-order chi connectivity index (χ1) is 15.5. The van der Waals surface area contributed by atoms with Crippen molar-refractivity contribution in [2.75, 3.05) is 10.6 Å². The molecule has 1 amide bonds. The van der Waals surface area contributed by atoms with Gasteiger partial charge in [0.05, 0.1) is 9.82 Å². The van der Waals surface area contributed by atoms with Gasteiger partial charge in [0, 0.05) is 36.1 Å². The molecule has 0 atom stereocenters. The van der Waals surface area contributed by atoms with E-state index in [4.69, 9.17) is 0 Å². The Hall–Kier alpha value is -3.40. The number of carbonyl (C=O) groups is 1. The van der Waals surface area contributed by atoms with Gasteiger partial charge in [0.1, 0.15) is 6.33 Å². The van der Waals surface area contributed by atoms with Crippen molar-refractivity contribution < 1.29 is 9.72 Å². The number of nitrogens with one attached hydrogen (secondary N) is 2. The van der Waals surface area contributed by atoms with Crippen LogP contribution in [0.3, 0.4) is 0 Å². The molecule has 4 rings (SSSR count). The summed E-state index contributed by atoms with van der Waals surface area (Å²) in [5.74, 6) is -0.406. The molecule has 2 N–H and O–H groups in total. The highest BCUT2D eigenvalue weighted by Gasteiger charge is 2.20. The Morgan fingerprint density at radius 3 is 2.50 bits per heavy atom. The Morgan fingerprint density at radius 2 is 1.84 bits per heavy atom. The van der Waals surface area contributed by atoms with Crippen LogP contribution in [0.25, 0.3) is 0 Å². The summed E-state index contributed by atoms with van der Waals surface area (Å²) in [6.07, 6.45) is 7.71. The summed E-state index contributed by atoms with van der Waals surface area (Å²) in [7, 11) is 1.76. The minimum Gasteiger partial charge on any atom is -0.382 e. The molecule has 32 heavy (non-hydrogen) atoms. The van der Waals surface area contributed by atoms with Crippen LogP contribution in [0, 0.1) is 10.1 Å². The first-order valence-electron chi connectivity index (χ1n) is 10.5. The summed E-state index contributed by atoms with van der Waals surface area (Å²) in [6.45, 7) is 0. The Labute approximate surface area is 189 Å². The van der Waals surface area contributed by atoms with E-state index >= 15 is 0 Å². The second-order valence-corrected chi connectivity index (χ2v) is 8.79. The number of carbonyl (C=O) groups excluding carboxylic acids is 1. The Bertz CT molecular complexity index is 1110. The molecule has 0 spiro atoms. The maximum atomic E-state index is 12.7. The average Bonchev–Trinajstić information content (AvgIpc) is 3.20. The summed E-state index contributed by atoms with van der Waals surface area (Å²) in [5, 5.41) is 26.2. The van der Waals surface area contributed by atoms with Gasteiger partial charge in [-0.15, -0.1) is 10.2 Å². The Balaban J connectivity index is 1.44. The molecular formula is C22H24N6O3S. The highest BCUT2D eigenvalue weighted by molar-refractivity contribution is 7.99. The zero-order valence-corrected chi connectivity index (χ0v) is 18.5. The average molecular weight is 453 g/mol. The third-order valence-electron chi connectivity index (χ3n) is 5.41. The predicted octanol–water partition coefficient (Wildman–Crippen LogP) is 4.87. The molecule has 1 fully saturated rings. The van der Waals surface area contributed by atoms with Crippen molar-refractivity contribution in [2.45, 2.75) is 48.2 Å². The van der Waals surface area contributed by atoms with E-state index in [1.54, 1.807) is 23.7 Å². The molecule has 10 heteroatoms. The normalized spacial score (nSPS) is 14.2. The SMILES string of the molecule is Cn1cnnc1Sc1ccc(C(=O)Nc2ccc(NC3CCCCC3)cc2)cc1[N+](=O)[O-]. The smallest absolute Gasteiger partial charge is 0.284 e. The van der Waals surface area contributed by atoms with Gasteiger partial charge in [-0.2, -0.15) is 0 Å². The molecule has 1 aliphatic carbocycles. The molecule has 3 aromatic rings. The lowest BCUT2D eigenvalue weighted by Crippen LogP contribution is -2.22. The molecule has 0 saturated heterocycles. The number of amides is 1. The second-order valence-electron chi connectivity index (χ2n) is 7.78. The predicted molar refractivity (Wildman–Crippen MR) is 123 cm³/mol. The number of nitro groups is 1. The van der Waals surface area contributed by atoms with Crippen LogP contribution in [0.5, 0.6) is 0 Å². The minimum atomic E-state index is -0.499. The van der Waals surface area contributed by atoms with Crippen LogP contribution in [0.4, 0.5) is 17.1 Å². The maximum absolute atomic E-state index is 12.7. The number of aromatic nitrogens is 3. The van der Waals surface area contributed by atoms with Crippen LogP contribution < -0.4 is 10.6 Å². The quantitative estimate of drug-likeness (QED) is 0.388. The van der Waals surface area contributed by atoms with Gasteiger partial charge in [-0.25, -0.2) is 0 Å². The zero-order valence-electron chi connectivity index (χ0n) is 17.7. The van der Waals surface area contributed by atoms with E-state index in [9.17, 15) is 14.9 Å². The highest BCUT2D eigenvalue weighted by atomic mass is 32.2. The van der Waals surface area contributed by atoms with Crippen LogP contribution in [0.15, 0.2) is 58.8 Å². The van der Waals surface area contributed by atoms with Gasteiger partial charge in [0.15, 0.2) is 5.16 Å². The number of rotatable bonds is 7. The van der Waals surface area contributed by atoms with Crippen LogP contribution in [0.2, 0.25) is 0 Å². The van der Waals surface area contributed by atoms with Gasteiger partial charge in [0.2, 0.25) is 0 Å². The number of hydrogen-bond donors (Lipinski definition) is 2. The highest BCUT2D eigenvalue weighted by Crippen LogP contribution is 2.34. The molecule has 1 heterocycles. The van der Waals surface area contributed by atoms with E-state index in [2.05, 4.69) is 20.8 Å². The number of anilines is 2. The minimum absolute atomic E-state index is 0.155. The molecule has 0 radical (unpaired) electrons. The fourth-order valence-electron chi connectivity index (χ4n) is 3.69. The van der Waals surface area contributed by atoms with Crippen LogP contribution in [-0.2, 0) is 7.05 Å². The number of hydrogen-bond acceptors (Lipinski definition) is 7. The molecule has 166 valence electrons. The molecule has 1 saturated carbocycles. The lowest BCUT2D eigenvalue weighted by molar-refractivity contribution is -0.387. The molecule has 0 bridgehead atoms. The van der Waals surface area contributed by atoms with Crippen LogP contribution in [-0.4, -0.2) is 31.6 Å². The van der Waals surface area contributed by atoms with Crippen molar-refractivity contribution in [1.29, 1.82) is 0 Å². The molecule has 0 aliphatic heterocycles. The van der Waals surface area contributed by atoms with E-state index in [1.165, 1.54) is 44.5 Å². The number of aryl methyl sites for hydroxylation is 1. The first kappa shape index (κ1) is 21.8. The van der Waals surface area contributed by atoms with Crippen molar-refractivity contribution in [3.05, 3.63) is 64.5 Å². The molecule has 1 aliphatic rings. The van der Waals surface area contributed by atoms with E-state index < -0.39 is 10.8 Å². The molecule has 9 nitrogen and oxygen atoms in total. The van der Waals surface area contributed by atoms with E-state index in [1.807, 2.05) is 24.3 Å². The lowest BCUT2D eigenvalue weighted by atomic mass is 9.95.